The summed E-state index contributed by atoms with van der Waals surface area (Å²) in [5, 5.41) is 0.673. The SMILES string of the molecule is Cc1[nH]c2c(C(N)=O)cc(F)c(Br)c2c1C. The van der Waals surface area contributed by atoms with Crippen LogP contribution in [0.1, 0.15) is 21.6 Å². The van der Waals surface area contributed by atoms with Gasteiger partial charge < -0.3 is 10.7 Å². The van der Waals surface area contributed by atoms with E-state index in [0.29, 0.717) is 15.4 Å². The Morgan fingerprint density at radius 3 is 2.69 bits per heavy atom. The molecule has 0 fully saturated rings. The van der Waals surface area contributed by atoms with Gasteiger partial charge in [-0.05, 0) is 41.4 Å². The van der Waals surface area contributed by atoms with Gasteiger partial charge in [-0.1, -0.05) is 0 Å². The molecule has 84 valence electrons. The third kappa shape index (κ3) is 1.43. The van der Waals surface area contributed by atoms with Crippen LogP contribution in [0.15, 0.2) is 10.5 Å². The summed E-state index contributed by atoms with van der Waals surface area (Å²) >= 11 is 3.18. The first kappa shape index (κ1) is 11.1. The molecule has 2 aromatic rings. The van der Waals surface area contributed by atoms with Crippen molar-refractivity contribution in [3.05, 3.63) is 33.2 Å². The predicted molar refractivity (Wildman–Crippen MR) is 63.9 cm³/mol. The topological polar surface area (TPSA) is 58.9 Å². The second-order valence-electron chi connectivity index (χ2n) is 3.71. The number of hydrogen-bond donors (Lipinski definition) is 2. The molecule has 1 aromatic carbocycles. The molecule has 1 aromatic heterocycles. The lowest BCUT2D eigenvalue weighted by molar-refractivity contribution is 0.100. The minimum Gasteiger partial charge on any atom is -0.366 e. The number of aryl methyl sites for hydroxylation is 2. The number of nitrogens with two attached hydrogens (primary N) is 1. The first-order chi connectivity index (χ1) is 7.43. The monoisotopic (exact) mass is 284 g/mol. The molecule has 1 amide bonds. The van der Waals surface area contributed by atoms with Crippen LogP contribution >= 0.6 is 15.9 Å². The number of primary amides is 1. The number of aromatic amines is 1. The maximum atomic E-state index is 13.6. The van der Waals surface area contributed by atoms with E-state index in [4.69, 9.17) is 5.73 Å². The zero-order valence-electron chi connectivity index (χ0n) is 8.82. The smallest absolute Gasteiger partial charge is 0.250 e. The Morgan fingerprint density at radius 1 is 1.50 bits per heavy atom. The van der Waals surface area contributed by atoms with Crippen LogP contribution in [0.25, 0.3) is 10.9 Å². The minimum absolute atomic E-state index is 0.173. The molecule has 0 radical (unpaired) electrons. The number of aromatic nitrogens is 1. The van der Waals surface area contributed by atoms with Crippen molar-refractivity contribution in [2.75, 3.05) is 0 Å². The van der Waals surface area contributed by atoms with Crippen molar-refractivity contribution >= 4 is 32.7 Å². The third-order valence-corrected chi connectivity index (χ3v) is 3.51. The number of carbonyl (C=O) groups excluding carboxylic acids is 1. The Morgan fingerprint density at radius 2 is 2.12 bits per heavy atom. The average Bonchev–Trinajstić information content (AvgIpc) is 2.49. The van der Waals surface area contributed by atoms with Gasteiger partial charge in [-0.2, -0.15) is 0 Å². The lowest BCUT2D eigenvalue weighted by atomic mass is 10.1. The standard InChI is InChI=1S/C11H10BrFN2O/c1-4-5(2)15-10-6(11(14)16)3-7(13)9(12)8(4)10/h3,15H,1-2H3,(H2,14,16). The minimum atomic E-state index is -0.641. The van der Waals surface area contributed by atoms with Crippen molar-refractivity contribution in [3.8, 4) is 0 Å². The fraction of sp³-hybridized carbons (Fsp3) is 0.182. The lowest BCUT2D eigenvalue weighted by Crippen LogP contribution is -2.12. The highest BCUT2D eigenvalue weighted by Gasteiger charge is 2.18. The largest absolute Gasteiger partial charge is 0.366 e. The fourth-order valence-electron chi connectivity index (χ4n) is 1.77. The molecule has 0 aliphatic rings. The summed E-state index contributed by atoms with van der Waals surface area (Å²) in [6, 6.07) is 1.14. The van der Waals surface area contributed by atoms with Crippen molar-refractivity contribution in [1.82, 2.24) is 4.98 Å². The van der Waals surface area contributed by atoms with Crippen LogP contribution in [0.5, 0.6) is 0 Å². The van der Waals surface area contributed by atoms with Crippen LogP contribution in [0, 0.1) is 19.7 Å². The number of rotatable bonds is 1. The Balaban J connectivity index is 3.01. The zero-order valence-corrected chi connectivity index (χ0v) is 10.4. The molecule has 16 heavy (non-hydrogen) atoms. The van der Waals surface area contributed by atoms with E-state index < -0.39 is 11.7 Å². The van der Waals surface area contributed by atoms with Crippen LogP contribution in [-0.4, -0.2) is 10.9 Å². The molecule has 0 aliphatic heterocycles. The average molecular weight is 285 g/mol. The van der Waals surface area contributed by atoms with Crippen LogP contribution in [-0.2, 0) is 0 Å². The summed E-state index contributed by atoms with van der Waals surface area (Å²) in [6.45, 7) is 3.73. The molecule has 0 aliphatic carbocycles. The molecular formula is C11H10BrFN2O. The number of H-pyrrole nitrogens is 1. The molecule has 1 heterocycles. The van der Waals surface area contributed by atoms with Crippen LogP contribution in [0.2, 0.25) is 0 Å². The number of amides is 1. The van der Waals surface area contributed by atoms with E-state index in [9.17, 15) is 9.18 Å². The van der Waals surface area contributed by atoms with Gasteiger partial charge in [-0.15, -0.1) is 0 Å². The number of halogens is 2. The molecule has 0 unspecified atom stereocenters. The van der Waals surface area contributed by atoms with E-state index >= 15 is 0 Å². The predicted octanol–water partition coefficient (Wildman–Crippen LogP) is 2.79. The van der Waals surface area contributed by atoms with E-state index in [1.807, 2.05) is 13.8 Å². The highest BCUT2D eigenvalue weighted by molar-refractivity contribution is 9.10. The summed E-state index contributed by atoms with van der Waals surface area (Å²) < 4.78 is 13.9. The third-order valence-electron chi connectivity index (χ3n) is 2.74. The van der Waals surface area contributed by atoms with Crippen molar-refractivity contribution in [2.24, 2.45) is 5.73 Å². The second-order valence-corrected chi connectivity index (χ2v) is 4.50. The molecule has 0 bridgehead atoms. The van der Waals surface area contributed by atoms with Gasteiger partial charge in [-0.3, -0.25) is 4.79 Å². The van der Waals surface area contributed by atoms with Gasteiger partial charge in [0.05, 0.1) is 15.6 Å². The molecule has 2 rings (SSSR count). The number of fused-ring (bicyclic) bond motifs is 1. The molecule has 0 saturated heterocycles. The summed E-state index contributed by atoms with van der Waals surface area (Å²) in [6.07, 6.45) is 0. The number of benzene rings is 1. The lowest BCUT2D eigenvalue weighted by Gasteiger charge is -2.03. The first-order valence-corrected chi connectivity index (χ1v) is 5.49. The number of hydrogen-bond acceptors (Lipinski definition) is 1. The molecule has 0 saturated carbocycles. The van der Waals surface area contributed by atoms with Crippen LogP contribution in [0.4, 0.5) is 4.39 Å². The highest BCUT2D eigenvalue weighted by atomic mass is 79.9. The Kier molecular flexibility index (Phi) is 2.50. The van der Waals surface area contributed by atoms with Gasteiger partial charge in [0.15, 0.2) is 0 Å². The van der Waals surface area contributed by atoms with Crippen LogP contribution < -0.4 is 5.73 Å². The van der Waals surface area contributed by atoms with Crippen molar-refractivity contribution in [1.29, 1.82) is 0 Å². The van der Waals surface area contributed by atoms with Gasteiger partial charge in [0.1, 0.15) is 5.82 Å². The maximum absolute atomic E-state index is 13.6. The van der Waals surface area contributed by atoms with Crippen molar-refractivity contribution in [2.45, 2.75) is 13.8 Å². The zero-order chi connectivity index (χ0) is 12.0. The quantitative estimate of drug-likeness (QED) is 0.831. The van der Waals surface area contributed by atoms with Crippen molar-refractivity contribution in [3.63, 3.8) is 0 Å². The molecule has 3 N–H and O–H groups in total. The summed E-state index contributed by atoms with van der Waals surface area (Å²) in [4.78, 5) is 14.3. The van der Waals surface area contributed by atoms with Gasteiger partial charge in [0.25, 0.3) is 5.91 Å². The van der Waals surface area contributed by atoms with Gasteiger partial charge >= 0.3 is 0 Å². The maximum Gasteiger partial charge on any atom is 0.250 e. The molecule has 0 atom stereocenters. The Hall–Kier alpha value is -1.36. The normalized spacial score (nSPS) is 11.0. The van der Waals surface area contributed by atoms with E-state index in [1.54, 1.807) is 0 Å². The van der Waals surface area contributed by atoms with E-state index in [1.165, 1.54) is 0 Å². The Labute approximate surface area is 100.0 Å². The van der Waals surface area contributed by atoms with Gasteiger partial charge in [-0.25, -0.2) is 4.39 Å². The number of nitrogens with one attached hydrogen (secondary N) is 1. The molecule has 0 spiro atoms. The highest BCUT2D eigenvalue weighted by Crippen LogP contribution is 2.33. The fourth-order valence-corrected chi connectivity index (χ4v) is 2.38. The first-order valence-electron chi connectivity index (χ1n) is 4.70. The summed E-state index contributed by atoms with van der Waals surface area (Å²) in [5.41, 5.74) is 7.77. The van der Waals surface area contributed by atoms with Crippen molar-refractivity contribution < 1.29 is 9.18 Å². The van der Waals surface area contributed by atoms with E-state index in [2.05, 4.69) is 20.9 Å². The Bertz CT molecular complexity index is 604. The molecule has 5 heteroatoms. The van der Waals surface area contributed by atoms with Crippen LogP contribution in [0.3, 0.4) is 0 Å². The number of carbonyl (C=O) groups is 1. The van der Waals surface area contributed by atoms with E-state index in [-0.39, 0.29) is 5.56 Å². The van der Waals surface area contributed by atoms with Gasteiger partial charge in [0.2, 0.25) is 0 Å². The second kappa shape index (κ2) is 3.59. The molecular weight excluding hydrogens is 275 g/mol. The van der Waals surface area contributed by atoms with Gasteiger partial charge in [0, 0.05) is 11.1 Å². The summed E-state index contributed by atoms with van der Waals surface area (Å²) in [7, 11) is 0. The molecule has 3 nitrogen and oxygen atoms in total. The van der Waals surface area contributed by atoms with E-state index in [0.717, 1.165) is 17.3 Å². The summed E-state index contributed by atoms with van der Waals surface area (Å²) in [5.74, 6) is -1.12.